The van der Waals surface area contributed by atoms with E-state index in [1.165, 1.54) is 0 Å². The molecule has 0 fully saturated rings. The molecule has 0 atom stereocenters. The minimum absolute atomic E-state index is 0.394. The summed E-state index contributed by atoms with van der Waals surface area (Å²) in [6, 6.07) is 2.02. The Morgan fingerprint density at radius 1 is 0.317 bits per heavy atom. The van der Waals surface area contributed by atoms with E-state index in [9.17, 15) is 0 Å². The molecule has 3 aromatic carbocycles. The van der Waals surface area contributed by atoms with Crippen molar-refractivity contribution in [2.45, 2.75) is 55.4 Å². The van der Waals surface area contributed by atoms with E-state index in [0.29, 0.717) is 49.7 Å². The molecule has 0 amide bonds. The van der Waals surface area contributed by atoms with E-state index >= 15 is 0 Å². The van der Waals surface area contributed by atoms with Crippen molar-refractivity contribution in [2.24, 2.45) is 0 Å². The largest absolute Gasteiger partial charge is 0.115 e. The third-order valence-electron chi connectivity index (χ3n) is 7.28. The van der Waals surface area contributed by atoms with Gasteiger partial charge in [-0.3, -0.25) is 0 Å². The van der Waals surface area contributed by atoms with Crippen LogP contribution in [0.2, 0.25) is 0 Å². The predicted octanol–water partition coefficient (Wildman–Crippen LogP) is 7.11. The Kier molecular flexibility index (Phi) is 20.4. The molecule has 0 aliphatic heterocycles. The van der Waals surface area contributed by atoms with Gasteiger partial charge in [-0.1, -0.05) is 71.0 Å². The van der Waals surface area contributed by atoms with Crippen molar-refractivity contribution in [3.8, 4) is 226 Å². The molecule has 0 radical (unpaired) electrons. The maximum Gasteiger partial charge on any atom is 0.0589 e. The van der Waals surface area contributed by atoms with Gasteiger partial charge in [-0.15, -0.1) is 25.2 Å². The topological polar surface area (TPSA) is 0 Å². The van der Waals surface area contributed by atoms with Crippen molar-refractivity contribution in [1.29, 1.82) is 0 Å². The molecule has 0 aliphatic rings. The van der Waals surface area contributed by atoms with Crippen molar-refractivity contribution < 1.29 is 0 Å². The van der Waals surface area contributed by atoms with E-state index in [1.807, 2.05) is 19.9 Å². The van der Waals surface area contributed by atoms with E-state index < -0.39 is 0 Å². The lowest BCUT2D eigenvalue weighted by Crippen LogP contribution is -2.04. The molecule has 0 spiro atoms. The molecule has 0 nitrogen and oxygen atoms in total. The fourth-order valence-corrected chi connectivity index (χ4v) is 5.14. The molecule has 3 aromatic rings. The van der Waals surface area contributed by atoms with Crippen LogP contribution < -0.4 is 0 Å². The summed E-state index contributed by atoms with van der Waals surface area (Å²) in [5.41, 5.74) is 5.24. The van der Waals surface area contributed by atoms with Crippen molar-refractivity contribution in [3.05, 3.63) is 56.1 Å². The lowest BCUT2D eigenvalue weighted by Gasteiger charge is -2.20. The van der Waals surface area contributed by atoms with E-state index in [0.717, 1.165) is 21.9 Å². The molecular formula is C60H28. The van der Waals surface area contributed by atoms with Gasteiger partial charge in [0.2, 0.25) is 0 Å². The van der Waals surface area contributed by atoms with Crippen LogP contribution in [0.15, 0.2) is 6.07 Å². The predicted molar refractivity (Wildman–Crippen MR) is 250 cm³/mol. The van der Waals surface area contributed by atoms with E-state index in [4.69, 9.17) is 19.3 Å². The van der Waals surface area contributed by atoms with Gasteiger partial charge in [0.05, 0.1) is 22.3 Å². The zero-order valence-corrected chi connectivity index (χ0v) is 34.3. The second-order valence-corrected chi connectivity index (χ2v) is 10.8. The molecule has 60 heavy (non-hydrogen) atoms. The van der Waals surface area contributed by atoms with Gasteiger partial charge < -0.3 is 0 Å². The smallest absolute Gasteiger partial charge is 0.0589 e. The highest BCUT2D eigenvalue weighted by Crippen LogP contribution is 2.42. The van der Waals surface area contributed by atoms with E-state index in [1.54, 1.807) is 41.5 Å². The minimum Gasteiger partial charge on any atom is -0.115 e. The second-order valence-electron chi connectivity index (χ2n) is 10.8. The van der Waals surface area contributed by atoms with Crippen molar-refractivity contribution in [1.82, 2.24) is 0 Å². The fraction of sp³-hybridized carbons (Fsp3) is 0.133. The monoisotopic (exact) mass is 748 g/mol. The Balaban J connectivity index is 0.00000140. The van der Waals surface area contributed by atoms with Crippen LogP contribution in [-0.2, 0) is 0 Å². The highest BCUT2D eigenvalue weighted by atomic mass is 14.2. The van der Waals surface area contributed by atoms with Gasteiger partial charge in [-0.2, -0.15) is 0 Å². The summed E-state index contributed by atoms with van der Waals surface area (Å²) in [6.45, 7) is 14.2. The van der Waals surface area contributed by atoms with Gasteiger partial charge in [0.25, 0.3) is 0 Å². The lowest BCUT2D eigenvalue weighted by molar-refractivity contribution is 1.42. The SMILES string of the molecule is C#CC#CC#Cc1c(C#CC#CC)c(C#CC#C)c2c(c1C#CC#CC#CC)c(C#CC#CC#CC#CC)c(C)c1cc(C)c(C#C)c(C#CC)c12.CC#CC#CC#CC. The normalized spacial score (nSPS) is 6.82. The van der Waals surface area contributed by atoms with Gasteiger partial charge in [0.1, 0.15) is 0 Å². The highest BCUT2D eigenvalue weighted by molar-refractivity contribution is 6.20. The minimum atomic E-state index is 0.394. The molecular weight excluding hydrogens is 721 g/mol. The third kappa shape index (κ3) is 12.7. The summed E-state index contributed by atoms with van der Waals surface area (Å²) in [5, 5.41) is 2.77. The first-order chi connectivity index (χ1) is 29.4. The zero-order chi connectivity index (χ0) is 44.0. The molecule has 0 aliphatic carbocycles. The van der Waals surface area contributed by atoms with Crippen LogP contribution in [0.5, 0.6) is 0 Å². The summed E-state index contributed by atoms with van der Waals surface area (Å²) in [5.74, 6) is 97.7. The summed E-state index contributed by atoms with van der Waals surface area (Å²) < 4.78 is 0. The number of benzene rings is 3. The lowest BCUT2D eigenvalue weighted by atomic mass is 9.80. The van der Waals surface area contributed by atoms with E-state index in [-0.39, 0.29) is 0 Å². The quantitative estimate of drug-likeness (QED) is 0.170. The zero-order valence-electron chi connectivity index (χ0n) is 34.3. The molecule has 3 rings (SSSR count). The standard InChI is InChI=1S/C52H22.C8H6/c1-10-17-22-25-26-28-31-35-43-41(9)49-39-40(8)42(16-7)46(33-15-6)51(49)52-48(34-21-14-5)45(36-29-20-13-4)44(37-30-24-19-12-3)47(50(43)52)38-32-27-23-18-11-2;1-3-5-7-8-6-4-2/h3,5,7,39H,1-2,4,6,8-9H3;1-2H3. The van der Waals surface area contributed by atoms with Gasteiger partial charge in [0.15, 0.2) is 0 Å². The summed E-state index contributed by atoms with van der Waals surface area (Å²) in [4.78, 5) is 0. The molecule has 0 saturated carbocycles. The van der Waals surface area contributed by atoms with Crippen LogP contribution in [0.25, 0.3) is 21.5 Å². The number of hydrogen-bond donors (Lipinski definition) is 0. The van der Waals surface area contributed by atoms with Crippen molar-refractivity contribution >= 4 is 21.5 Å². The number of rotatable bonds is 0. The first-order valence-electron chi connectivity index (χ1n) is 17.4. The van der Waals surface area contributed by atoms with Crippen LogP contribution >= 0.6 is 0 Å². The average Bonchev–Trinajstić information content (AvgIpc) is 3.25. The van der Waals surface area contributed by atoms with Crippen LogP contribution in [0.1, 0.15) is 91.6 Å². The Hall–Kier alpha value is -10.2. The molecule has 0 heteroatoms. The number of hydrogen-bond acceptors (Lipinski definition) is 0. The molecule has 0 N–H and O–H groups in total. The van der Waals surface area contributed by atoms with Gasteiger partial charge in [-0.25, -0.2) is 0 Å². The van der Waals surface area contributed by atoms with Gasteiger partial charge in [0, 0.05) is 32.8 Å². The molecule has 0 heterocycles. The summed E-state index contributed by atoms with van der Waals surface area (Å²) in [6.07, 6.45) is 17.2. The van der Waals surface area contributed by atoms with Crippen LogP contribution in [0.3, 0.4) is 0 Å². The van der Waals surface area contributed by atoms with Gasteiger partial charge in [-0.05, 0) is 208 Å². The molecule has 0 aromatic heterocycles. The van der Waals surface area contributed by atoms with Gasteiger partial charge >= 0.3 is 0 Å². The van der Waals surface area contributed by atoms with Crippen LogP contribution in [0, 0.1) is 240 Å². The van der Waals surface area contributed by atoms with Crippen molar-refractivity contribution in [3.63, 3.8) is 0 Å². The Labute approximate surface area is 358 Å². The number of terminal acetylenes is 3. The fourth-order valence-electron chi connectivity index (χ4n) is 5.14. The maximum absolute atomic E-state index is 6.12. The Morgan fingerprint density at radius 2 is 0.683 bits per heavy atom. The molecule has 268 valence electrons. The van der Waals surface area contributed by atoms with Crippen LogP contribution in [0.4, 0.5) is 0 Å². The van der Waals surface area contributed by atoms with Crippen molar-refractivity contribution in [2.75, 3.05) is 0 Å². The summed E-state index contributed by atoms with van der Waals surface area (Å²) >= 11 is 0. The van der Waals surface area contributed by atoms with Crippen LogP contribution in [-0.4, -0.2) is 0 Å². The number of fused-ring (bicyclic) bond motifs is 3. The second kappa shape index (κ2) is 26.6. The molecule has 0 saturated heterocycles. The first-order valence-corrected chi connectivity index (χ1v) is 17.4. The molecule has 0 bridgehead atoms. The Bertz CT molecular complexity index is 3530. The highest BCUT2D eigenvalue weighted by Gasteiger charge is 2.25. The maximum atomic E-state index is 6.12. The number of aryl methyl sites for hydroxylation is 2. The Morgan fingerprint density at radius 3 is 1.15 bits per heavy atom. The average molecular weight is 749 g/mol. The third-order valence-corrected chi connectivity index (χ3v) is 7.28. The summed E-state index contributed by atoms with van der Waals surface area (Å²) in [7, 11) is 0. The van der Waals surface area contributed by atoms with E-state index in [2.05, 4.69) is 207 Å². The first kappa shape index (κ1) is 46.0. The molecule has 0 unspecified atom stereocenters.